The number of benzene rings is 1. The number of methoxy groups -OCH3 is 2. The summed E-state index contributed by atoms with van der Waals surface area (Å²) >= 11 is 0. The summed E-state index contributed by atoms with van der Waals surface area (Å²) in [5, 5.41) is 4.21. The number of aromatic nitrogens is 1. The summed E-state index contributed by atoms with van der Waals surface area (Å²) in [7, 11) is 3.16. The minimum absolute atomic E-state index is 0.301. The monoisotopic (exact) mass is 313 g/mol. The highest BCUT2D eigenvalue weighted by atomic mass is 16.5. The zero-order chi connectivity index (χ0) is 16.7. The molecule has 120 valence electrons. The molecule has 1 aromatic heterocycles. The standard InChI is InChI=1S/C17H19N3O3/c1-4-14(12-7-8-15(22-2)16(10-12)23-3)19-20-17(21)13-6-5-9-18-11-13/h5-11H,4H2,1-3H3,(H,20,21)/b19-14-. The van der Waals surface area contributed by atoms with Gasteiger partial charge < -0.3 is 9.47 Å². The first kappa shape index (κ1) is 16.5. The molecule has 0 spiro atoms. The molecule has 0 fully saturated rings. The quantitative estimate of drug-likeness (QED) is 0.657. The lowest BCUT2D eigenvalue weighted by molar-refractivity contribution is 0.0954. The third kappa shape index (κ3) is 4.06. The lowest BCUT2D eigenvalue weighted by Crippen LogP contribution is -2.20. The minimum Gasteiger partial charge on any atom is -0.493 e. The maximum absolute atomic E-state index is 12.0. The Morgan fingerprint density at radius 1 is 1.17 bits per heavy atom. The van der Waals surface area contributed by atoms with Gasteiger partial charge in [-0.1, -0.05) is 6.92 Å². The van der Waals surface area contributed by atoms with E-state index in [0.717, 1.165) is 11.3 Å². The van der Waals surface area contributed by atoms with E-state index in [1.54, 1.807) is 32.5 Å². The fourth-order valence-corrected chi connectivity index (χ4v) is 2.04. The summed E-state index contributed by atoms with van der Waals surface area (Å²) in [5.74, 6) is 0.959. The van der Waals surface area contributed by atoms with Crippen molar-refractivity contribution >= 4 is 11.6 Å². The van der Waals surface area contributed by atoms with E-state index in [0.29, 0.717) is 23.5 Å². The van der Waals surface area contributed by atoms with Crippen LogP contribution in [0.3, 0.4) is 0 Å². The van der Waals surface area contributed by atoms with E-state index < -0.39 is 0 Å². The van der Waals surface area contributed by atoms with Crippen LogP contribution in [0.15, 0.2) is 47.8 Å². The Morgan fingerprint density at radius 3 is 2.57 bits per heavy atom. The maximum atomic E-state index is 12.0. The van der Waals surface area contributed by atoms with Crippen molar-refractivity contribution < 1.29 is 14.3 Å². The van der Waals surface area contributed by atoms with E-state index in [2.05, 4.69) is 15.5 Å². The molecule has 1 heterocycles. The van der Waals surface area contributed by atoms with Crippen molar-refractivity contribution in [3.05, 3.63) is 53.9 Å². The molecule has 0 saturated heterocycles. The molecular weight excluding hydrogens is 294 g/mol. The summed E-state index contributed by atoms with van der Waals surface area (Å²) in [6, 6.07) is 8.90. The highest BCUT2D eigenvalue weighted by molar-refractivity contribution is 6.02. The van der Waals surface area contributed by atoms with E-state index in [1.165, 1.54) is 6.20 Å². The van der Waals surface area contributed by atoms with Gasteiger partial charge in [0.25, 0.3) is 5.91 Å². The van der Waals surface area contributed by atoms with Crippen LogP contribution in [-0.4, -0.2) is 30.8 Å². The molecule has 23 heavy (non-hydrogen) atoms. The molecule has 0 aliphatic rings. The number of hydrogen-bond acceptors (Lipinski definition) is 5. The van der Waals surface area contributed by atoms with Crippen LogP contribution in [0.1, 0.15) is 29.3 Å². The van der Waals surface area contributed by atoms with Crippen molar-refractivity contribution in [2.24, 2.45) is 5.10 Å². The van der Waals surface area contributed by atoms with Gasteiger partial charge in [0, 0.05) is 18.0 Å². The van der Waals surface area contributed by atoms with Gasteiger partial charge in [-0.2, -0.15) is 5.10 Å². The zero-order valence-corrected chi connectivity index (χ0v) is 13.4. The molecule has 1 amide bonds. The number of nitrogens with zero attached hydrogens (tertiary/aromatic N) is 2. The fourth-order valence-electron chi connectivity index (χ4n) is 2.04. The molecule has 0 radical (unpaired) electrons. The van der Waals surface area contributed by atoms with E-state index >= 15 is 0 Å². The highest BCUT2D eigenvalue weighted by Gasteiger charge is 2.09. The molecule has 2 aromatic rings. The first-order chi connectivity index (χ1) is 11.2. The number of nitrogens with one attached hydrogen (secondary N) is 1. The lowest BCUT2D eigenvalue weighted by atomic mass is 10.1. The molecular formula is C17H19N3O3. The van der Waals surface area contributed by atoms with E-state index in [4.69, 9.17) is 9.47 Å². The van der Waals surface area contributed by atoms with E-state index in [1.807, 2.05) is 25.1 Å². The molecule has 6 nitrogen and oxygen atoms in total. The Bertz CT molecular complexity index is 699. The number of carbonyl (C=O) groups is 1. The minimum atomic E-state index is -0.301. The third-order valence-corrected chi connectivity index (χ3v) is 3.27. The van der Waals surface area contributed by atoms with Crippen LogP contribution in [0.4, 0.5) is 0 Å². The van der Waals surface area contributed by atoms with Gasteiger partial charge in [0.05, 0.1) is 25.5 Å². The summed E-state index contributed by atoms with van der Waals surface area (Å²) < 4.78 is 10.5. The van der Waals surface area contributed by atoms with Crippen LogP contribution in [0.25, 0.3) is 0 Å². The van der Waals surface area contributed by atoms with Crippen molar-refractivity contribution in [1.82, 2.24) is 10.4 Å². The van der Waals surface area contributed by atoms with E-state index in [-0.39, 0.29) is 5.91 Å². The maximum Gasteiger partial charge on any atom is 0.272 e. The normalized spacial score (nSPS) is 11.0. The highest BCUT2D eigenvalue weighted by Crippen LogP contribution is 2.28. The predicted molar refractivity (Wildman–Crippen MR) is 88.1 cm³/mol. The molecule has 6 heteroatoms. The Kier molecular flexibility index (Phi) is 5.68. The second kappa shape index (κ2) is 7.93. The van der Waals surface area contributed by atoms with Crippen molar-refractivity contribution in [2.45, 2.75) is 13.3 Å². The van der Waals surface area contributed by atoms with Crippen molar-refractivity contribution in [2.75, 3.05) is 14.2 Å². The van der Waals surface area contributed by atoms with Crippen molar-refractivity contribution in [1.29, 1.82) is 0 Å². The molecule has 0 aliphatic carbocycles. The first-order valence-corrected chi connectivity index (χ1v) is 7.19. The zero-order valence-electron chi connectivity index (χ0n) is 13.4. The van der Waals surface area contributed by atoms with Gasteiger partial charge in [-0.25, -0.2) is 5.43 Å². The topological polar surface area (TPSA) is 72.8 Å². The Morgan fingerprint density at radius 2 is 1.96 bits per heavy atom. The van der Waals surface area contributed by atoms with Gasteiger partial charge in [0.2, 0.25) is 0 Å². The largest absolute Gasteiger partial charge is 0.493 e. The average molecular weight is 313 g/mol. The lowest BCUT2D eigenvalue weighted by Gasteiger charge is -2.10. The van der Waals surface area contributed by atoms with Crippen LogP contribution < -0.4 is 14.9 Å². The molecule has 0 atom stereocenters. The number of amides is 1. The Balaban J connectivity index is 2.20. The van der Waals surface area contributed by atoms with Crippen LogP contribution in [0.5, 0.6) is 11.5 Å². The van der Waals surface area contributed by atoms with Gasteiger partial charge in [0.1, 0.15) is 0 Å². The number of pyridine rings is 1. The van der Waals surface area contributed by atoms with Crippen LogP contribution >= 0.6 is 0 Å². The second-order valence-electron chi connectivity index (χ2n) is 4.66. The number of ether oxygens (including phenoxy) is 2. The number of rotatable bonds is 6. The number of hydrogen-bond donors (Lipinski definition) is 1. The summed E-state index contributed by atoms with van der Waals surface area (Å²) in [6.45, 7) is 1.96. The smallest absolute Gasteiger partial charge is 0.272 e. The molecule has 1 N–H and O–H groups in total. The van der Waals surface area contributed by atoms with Crippen molar-refractivity contribution in [3.8, 4) is 11.5 Å². The van der Waals surface area contributed by atoms with Crippen LogP contribution in [0.2, 0.25) is 0 Å². The van der Waals surface area contributed by atoms with Gasteiger partial charge in [-0.3, -0.25) is 9.78 Å². The first-order valence-electron chi connectivity index (χ1n) is 7.19. The molecule has 0 unspecified atom stereocenters. The summed E-state index contributed by atoms with van der Waals surface area (Å²) in [4.78, 5) is 15.9. The Hall–Kier alpha value is -2.89. The van der Waals surface area contributed by atoms with E-state index in [9.17, 15) is 4.79 Å². The summed E-state index contributed by atoms with van der Waals surface area (Å²) in [6.07, 6.45) is 3.76. The number of carbonyl (C=O) groups excluding carboxylic acids is 1. The van der Waals surface area contributed by atoms with Gasteiger partial charge in [0.15, 0.2) is 11.5 Å². The number of hydrazone groups is 1. The average Bonchev–Trinajstić information content (AvgIpc) is 2.62. The van der Waals surface area contributed by atoms with Crippen LogP contribution in [0, 0.1) is 0 Å². The molecule has 0 saturated carbocycles. The molecule has 2 rings (SSSR count). The van der Waals surface area contributed by atoms with Gasteiger partial charge >= 0.3 is 0 Å². The van der Waals surface area contributed by atoms with Gasteiger partial charge in [-0.05, 0) is 36.8 Å². The molecule has 1 aromatic carbocycles. The summed E-state index contributed by atoms with van der Waals surface area (Å²) in [5.41, 5.74) is 4.61. The molecule has 0 bridgehead atoms. The SMILES string of the molecule is CC/C(=N/NC(=O)c1cccnc1)c1ccc(OC)c(OC)c1. The molecule has 0 aliphatic heterocycles. The van der Waals surface area contributed by atoms with Crippen molar-refractivity contribution in [3.63, 3.8) is 0 Å². The third-order valence-electron chi connectivity index (χ3n) is 3.27. The predicted octanol–water partition coefficient (Wildman–Crippen LogP) is 2.64. The Labute approximate surface area is 135 Å². The fraction of sp³-hybridized carbons (Fsp3) is 0.235. The second-order valence-corrected chi connectivity index (χ2v) is 4.66. The van der Waals surface area contributed by atoms with Gasteiger partial charge in [-0.15, -0.1) is 0 Å². The van der Waals surface area contributed by atoms with Crippen LogP contribution in [-0.2, 0) is 0 Å².